The van der Waals surface area contributed by atoms with Gasteiger partial charge in [0.1, 0.15) is 6.54 Å². The molecule has 0 saturated carbocycles. The van der Waals surface area contributed by atoms with Crippen molar-refractivity contribution in [2.75, 3.05) is 56.2 Å². The van der Waals surface area contributed by atoms with Crippen LogP contribution >= 0.6 is 11.8 Å². The third-order valence-electron chi connectivity index (χ3n) is 7.56. The van der Waals surface area contributed by atoms with Gasteiger partial charge in [-0.05, 0) is 81.3 Å². The predicted molar refractivity (Wildman–Crippen MR) is 169 cm³/mol. The van der Waals surface area contributed by atoms with E-state index in [4.69, 9.17) is 0 Å². The second kappa shape index (κ2) is 16.8. The lowest BCUT2D eigenvalue weighted by molar-refractivity contribution is -0.918. The van der Waals surface area contributed by atoms with Gasteiger partial charge in [-0.1, -0.05) is 57.2 Å². The van der Waals surface area contributed by atoms with E-state index in [0.29, 0.717) is 25.3 Å². The second-order valence-corrected chi connectivity index (χ2v) is 12.2. The van der Waals surface area contributed by atoms with Crippen molar-refractivity contribution in [2.45, 2.75) is 74.1 Å². The molecule has 0 fully saturated rings. The van der Waals surface area contributed by atoms with Crippen LogP contribution in [0.1, 0.15) is 67.9 Å². The van der Waals surface area contributed by atoms with E-state index in [1.807, 2.05) is 43.8 Å². The molecule has 2 aromatic carbocycles. The molecule has 216 valence electrons. The number of rotatable bonds is 18. The number of amides is 1. The highest BCUT2D eigenvalue weighted by Gasteiger charge is 2.29. The van der Waals surface area contributed by atoms with Crippen molar-refractivity contribution >= 4 is 29.1 Å². The molecule has 1 amide bonds. The van der Waals surface area contributed by atoms with E-state index in [2.05, 4.69) is 63.0 Å². The van der Waals surface area contributed by atoms with Gasteiger partial charge in [0.2, 0.25) is 5.91 Å². The van der Waals surface area contributed by atoms with Gasteiger partial charge < -0.3 is 9.80 Å². The van der Waals surface area contributed by atoms with Crippen LogP contribution in [0.15, 0.2) is 36.4 Å². The number of aryl methyl sites for hydroxylation is 4. The normalized spacial score (nSPS) is 11.7. The molecule has 0 heterocycles. The Morgan fingerprint density at radius 3 is 1.92 bits per heavy atom. The summed E-state index contributed by atoms with van der Waals surface area (Å²) in [6.45, 7) is 19.8. The molecule has 39 heavy (non-hydrogen) atoms. The Morgan fingerprint density at radius 1 is 0.821 bits per heavy atom. The smallest absolute Gasteiger partial charge is 0.238 e. The summed E-state index contributed by atoms with van der Waals surface area (Å²) < 4.78 is 0.866. The van der Waals surface area contributed by atoms with Gasteiger partial charge in [-0.25, -0.2) is 0 Å². The Labute approximate surface area is 242 Å². The Balaban J connectivity index is 1.97. The van der Waals surface area contributed by atoms with Crippen LogP contribution < -0.4 is 5.32 Å². The number of quaternary nitrogens is 1. The summed E-state index contributed by atoms with van der Waals surface area (Å²) in [7, 11) is 0. The maximum absolute atomic E-state index is 13.4. The van der Waals surface area contributed by atoms with Gasteiger partial charge in [-0.3, -0.25) is 14.5 Å². The molecule has 0 aliphatic rings. The number of hydrogen-bond donors (Lipinski definition) is 1. The number of nitrogens with zero attached hydrogens (tertiary/aromatic N) is 2. The van der Waals surface area contributed by atoms with E-state index in [9.17, 15) is 9.59 Å². The quantitative estimate of drug-likeness (QED) is 0.126. The van der Waals surface area contributed by atoms with Crippen LogP contribution in [0, 0.1) is 27.7 Å². The van der Waals surface area contributed by atoms with Crippen molar-refractivity contribution in [3.05, 3.63) is 64.2 Å². The zero-order chi connectivity index (χ0) is 28.8. The van der Waals surface area contributed by atoms with Crippen molar-refractivity contribution in [3.63, 3.8) is 0 Å². The molecule has 0 spiro atoms. The lowest BCUT2D eigenvalue weighted by atomic mass is 9.97. The minimum atomic E-state index is 0.0423. The Kier molecular flexibility index (Phi) is 14.3. The maximum Gasteiger partial charge on any atom is 0.238 e. The third kappa shape index (κ3) is 10.7. The summed E-state index contributed by atoms with van der Waals surface area (Å²) in [4.78, 5) is 28.5. The summed E-state index contributed by atoms with van der Waals surface area (Å²) in [5, 5.41) is 3.13. The van der Waals surface area contributed by atoms with Crippen molar-refractivity contribution in [1.82, 2.24) is 4.90 Å². The van der Waals surface area contributed by atoms with Gasteiger partial charge in [0.25, 0.3) is 0 Å². The van der Waals surface area contributed by atoms with Gasteiger partial charge in [-0.2, -0.15) is 0 Å². The largest absolute Gasteiger partial charge is 0.324 e. The van der Waals surface area contributed by atoms with E-state index < -0.39 is 0 Å². The molecule has 0 saturated heterocycles. The SMILES string of the molecule is CCCN(CSCC[N+](CCC)(CCC)CC(=O)Cc1c(C)cccc1C)CC(=O)Nc1c(C)cccc1C. The van der Waals surface area contributed by atoms with Crippen molar-refractivity contribution in [1.29, 1.82) is 0 Å². The number of nitrogens with one attached hydrogen (secondary N) is 1. The number of carbonyl (C=O) groups excluding carboxylic acids is 2. The highest BCUT2D eigenvalue weighted by atomic mass is 32.2. The minimum Gasteiger partial charge on any atom is -0.324 e. The number of benzene rings is 2. The van der Waals surface area contributed by atoms with E-state index in [1.165, 1.54) is 16.7 Å². The Hall–Kier alpha value is -2.15. The van der Waals surface area contributed by atoms with Gasteiger partial charge in [0, 0.05) is 23.7 Å². The fourth-order valence-corrected chi connectivity index (χ4v) is 6.75. The third-order valence-corrected chi connectivity index (χ3v) is 8.58. The molecule has 0 bridgehead atoms. The van der Waals surface area contributed by atoms with Crippen LogP contribution in [0.5, 0.6) is 0 Å². The second-order valence-electron chi connectivity index (χ2n) is 11.2. The van der Waals surface area contributed by atoms with Crippen molar-refractivity contribution in [3.8, 4) is 0 Å². The highest BCUT2D eigenvalue weighted by molar-refractivity contribution is 7.99. The first-order valence-corrected chi connectivity index (χ1v) is 15.9. The Morgan fingerprint density at radius 2 is 1.38 bits per heavy atom. The molecular formula is C33H52N3O2S+. The zero-order valence-electron chi connectivity index (χ0n) is 25.6. The summed E-state index contributed by atoms with van der Waals surface area (Å²) in [6.07, 6.45) is 3.68. The molecule has 0 aromatic heterocycles. The first-order chi connectivity index (χ1) is 18.6. The zero-order valence-corrected chi connectivity index (χ0v) is 26.4. The van der Waals surface area contributed by atoms with E-state index in [0.717, 1.165) is 78.4 Å². The molecule has 2 rings (SSSR count). The molecule has 0 aliphatic carbocycles. The van der Waals surface area contributed by atoms with Crippen molar-refractivity contribution < 1.29 is 14.1 Å². The van der Waals surface area contributed by atoms with Gasteiger partial charge in [0.05, 0.1) is 26.2 Å². The first-order valence-electron chi connectivity index (χ1n) is 14.7. The topological polar surface area (TPSA) is 49.4 Å². The molecule has 1 N–H and O–H groups in total. The van der Waals surface area contributed by atoms with Crippen LogP contribution in [0.25, 0.3) is 0 Å². The fourth-order valence-electron chi connectivity index (χ4n) is 5.63. The summed E-state index contributed by atoms with van der Waals surface area (Å²) in [6, 6.07) is 12.4. The summed E-state index contributed by atoms with van der Waals surface area (Å²) in [5.41, 5.74) is 6.72. The van der Waals surface area contributed by atoms with Crippen LogP contribution in [0.4, 0.5) is 5.69 Å². The number of anilines is 1. The average Bonchev–Trinajstić information content (AvgIpc) is 2.87. The first kappa shape index (κ1) is 33.1. The molecule has 0 radical (unpaired) electrons. The standard InChI is InChI=1S/C33H51N3O2S/c1-8-17-35(23-32(38)34-33-28(6)15-12-16-29(33)7)25-39-21-20-36(18-9-2,19-10-3)24-30(37)22-31-26(4)13-11-14-27(31)5/h11-16H,8-10,17-25H2,1-7H3/p+1. The van der Waals surface area contributed by atoms with E-state index in [1.54, 1.807) is 0 Å². The van der Waals surface area contributed by atoms with Gasteiger partial charge in [0.15, 0.2) is 5.78 Å². The lowest BCUT2D eigenvalue weighted by Gasteiger charge is -2.38. The summed E-state index contributed by atoms with van der Waals surface area (Å²) in [5.74, 6) is 2.19. The number of thioether (sulfide) groups is 1. The van der Waals surface area contributed by atoms with E-state index in [-0.39, 0.29) is 5.91 Å². The average molecular weight is 555 g/mol. The van der Waals surface area contributed by atoms with Crippen LogP contribution in [0.3, 0.4) is 0 Å². The lowest BCUT2D eigenvalue weighted by Crippen LogP contribution is -2.54. The Bertz CT molecular complexity index is 1020. The number of carbonyl (C=O) groups is 2. The molecule has 6 heteroatoms. The molecule has 0 atom stereocenters. The molecular weight excluding hydrogens is 502 g/mol. The van der Waals surface area contributed by atoms with Gasteiger partial charge >= 0.3 is 0 Å². The minimum absolute atomic E-state index is 0.0423. The number of Topliss-reactive ketones (excluding diaryl/α,β-unsaturated/α-hetero) is 1. The number of hydrogen-bond acceptors (Lipinski definition) is 4. The molecule has 0 aliphatic heterocycles. The molecule has 5 nitrogen and oxygen atoms in total. The number of para-hydroxylation sites is 1. The van der Waals surface area contributed by atoms with Crippen LogP contribution in [-0.2, 0) is 16.0 Å². The maximum atomic E-state index is 13.4. The van der Waals surface area contributed by atoms with Crippen LogP contribution in [-0.4, -0.2) is 72.0 Å². The summed E-state index contributed by atoms with van der Waals surface area (Å²) >= 11 is 1.89. The monoisotopic (exact) mass is 554 g/mol. The van der Waals surface area contributed by atoms with E-state index >= 15 is 0 Å². The fraction of sp³-hybridized carbons (Fsp3) is 0.576. The number of ketones is 1. The predicted octanol–water partition coefficient (Wildman–Crippen LogP) is 6.71. The molecule has 2 aromatic rings. The van der Waals surface area contributed by atoms with Crippen molar-refractivity contribution in [2.24, 2.45) is 0 Å². The highest BCUT2D eigenvalue weighted by Crippen LogP contribution is 2.20. The molecule has 0 unspecified atom stereocenters. The van der Waals surface area contributed by atoms with Crippen LogP contribution in [0.2, 0.25) is 0 Å². The van der Waals surface area contributed by atoms with Gasteiger partial charge in [-0.15, -0.1) is 11.8 Å².